The Morgan fingerprint density at radius 1 is 1.00 bits per heavy atom. The molecule has 0 radical (unpaired) electrons. The number of hydrogen-bond donors (Lipinski definition) is 1. The SMILES string of the molecule is B/C(C)=C(C)\C(C)=C(\C)C(=C)S. The second-order valence-electron chi connectivity index (χ2n) is 3.32. The topological polar surface area (TPSA) is 0 Å². The van der Waals surface area contributed by atoms with E-state index in [0.717, 1.165) is 4.91 Å². The molecule has 0 N–H and O–H groups in total. The van der Waals surface area contributed by atoms with E-state index in [4.69, 9.17) is 0 Å². The van der Waals surface area contributed by atoms with Gasteiger partial charge in [-0.05, 0) is 36.8 Å². The molecular formula is C10H17BS. The fraction of sp³-hybridized carbons (Fsp3) is 0.400. The van der Waals surface area contributed by atoms with E-state index in [2.05, 4.69) is 54.7 Å². The van der Waals surface area contributed by atoms with Gasteiger partial charge in [-0.1, -0.05) is 19.1 Å². The van der Waals surface area contributed by atoms with Crippen LogP contribution in [0.1, 0.15) is 27.7 Å². The van der Waals surface area contributed by atoms with Gasteiger partial charge in [-0.3, -0.25) is 0 Å². The molecule has 0 heterocycles. The molecule has 0 nitrogen and oxygen atoms in total. The number of rotatable bonds is 2. The minimum atomic E-state index is 0.855. The van der Waals surface area contributed by atoms with Gasteiger partial charge in [0.2, 0.25) is 0 Å². The third-order valence-corrected chi connectivity index (χ3v) is 2.64. The summed E-state index contributed by atoms with van der Waals surface area (Å²) >= 11 is 4.22. The van der Waals surface area contributed by atoms with Gasteiger partial charge in [0, 0.05) is 0 Å². The lowest BCUT2D eigenvalue weighted by Gasteiger charge is -2.09. The van der Waals surface area contributed by atoms with Crippen molar-refractivity contribution in [3.63, 3.8) is 0 Å². The van der Waals surface area contributed by atoms with Gasteiger partial charge in [-0.15, -0.1) is 18.1 Å². The van der Waals surface area contributed by atoms with Crippen molar-refractivity contribution >= 4 is 20.5 Å². The third kappa shape index (κ3) is 2.94. The number of hydrogen-bond acceptors (Lipinski definition) is 1. The Hall–Kier alpha value is -0.365. The quantitative estimate of drug-likeness (QED) is 0.377. The first-order valence-corrected chi connectivity index (χ1v) is 4.52. The molecule has 0 spiro atoms. The van der Waals surface area contributed by atoms with E-state index in [1.807, 2.05) is 0 Å². The summed E-state index contributed by atoms with van der Waals surface area (Å²) in [6.45, 7) is 12.2. The molecule has 0 unspecified atom stereocenters. The van der Waals surface area contributed by atoms with Gasteiger partial charge in [-0.25, -0.2) is 0 Å². The second-order valence-corrected chi connectivity index (χ2v) is 3.86. The molecule has 2 heteroatoms. The molecule has 0 amide bonds. The number of allylic oxidation sites excluding steroid dienone is 4. The Kier molecular flexibility index (Phi) is 4.47. The molecule has 0 rings (SSSR count). The van der Waals surface area contributed by atoms with Gasteiger partial charge in [0.1, 0.15) is 7.85 Å². The van der Waals surface area contributed by atoms with Crippen LogP contribution in [0, 0.1) is 0 Å². The zero-order valence-corrected chi connectivity index (χ0v) is 9.55. The second kappa shape index (κ2) is 4.61. The highest BCUT2D eigenvalue weighted by molar-refractivity contribution is 7.84. The van der Waals surface area contributed by atoms with Crippen LogP contribution in [0.2, 0.25) is 0 Å². The van der Waals surface area contributed by atoms with Gasteiger partial charge in [-0.2, -0.15) is 0 Å². The Bertz CT molecular complexity index is 255. The summed E-state index contributed by atoms with van der Waals surface area (Å²) in [5, 5.41) is 0. The molecule has 0 aromatic rings. The van der Waals surface area contributed by atoms with E-state index in [9.17, 15) is 0 Å². The largest absolute Gasteiger partial charge is 0.144 e. The third-order valence-electron chi connectivity index (χ3n) is 2.31. The summed E-state index contributed by atoms with van der Waals surface area (Å²) in [6, 6.07) is 0. The summed E-state index contributed by atoms with van der Waals surface area (Å²) in [7, 11) is 2.12. The maximum atomic E-state index is 4.22. The van der Waals surface area contributed by atoms with Crippen LogP contribution in [-0.2, 0) is 0 Å². The van der Waals surface area contributed by atoms with Crippen molar-refractivity contribution in [2.24, 2.45) is 0 Å². The van der Waals surface area contributed by atoms with E-state index < -0.39 is 0 Å². The van der Waals surface area contributed by atoms with Crippen LogP contribution >= 0.6 is 12.6 Å². The molecule has 0 aromatic heterocycles. The molecular weight excluding hydrogens is 163 g/mol. The summed E-state index contributed by atoms with van der Waals surface area (Å²) in [5.41, 5.74) is 5.15. The molecule has 0 aliphatic heterocycles. The summed E-state index contributed by atoms with van der Waals surface area (Å²) in [5.74, 6) is 0. The van der Waals surface area contributed by atoms with Gasteiger partial charge in [0.25, 0.3) is 0 Å². The first-order valence-electron chi connectivity index (χ1n) is 4.08. The minimum absolute atomic E-state index is 0.855. The zero-order chi connectivity index (χ0) is 9.89. The first-order chi connectivity index (χ1) is 5.37. The maximum Gasteiger partial charge on any atom is 0.133 e. The fourth-order valence-corrected chi connectivity index (χ4v) is 1.04. The number of thiol groups is 1. The highest BCUT2D eigenvalue weighted by Crippen LogP contribution is 2.22. The van der Waals surface area contributed by atoms with Crippen molar-refractivity contribution in [2.75, 3.05) is 0 Å². The van der Waals surface area contributed by atoms with E-state index in [1.165, 1.54) is 22.2 Å². The van der Waals surface area contributed by atoms with Crippen LogP contribution in [0.25, 0.3) is 0 Å². The maximum absolute atomic E-state index is 4.22. The zero-order valence-electron chi connectivity index (χ0n) is 8.65. The smallest absolute Gasteiger partial charge is 0.133 e. The standard InChI is InChI=1S/C10H17BS/c1-6(7(2)9(4)11)8(3)10(5)12/h12H,5,11H2,1-4H3/b8-6-,9-7-. The lowest BCUT2D eigenvalue weighted by atomic mass is 9.88. The molecule has 0 atom stereocenters. The average Bonchev–Trinajstić information content (AvgIpc) is 2.00. The molecule has 0 aliphatic rings. The molecule has 0 aliphatic carbocycles. The van der Waals surface area contributed by atoms with Crippen LogP contribution in [0.4, 0.5) is 0 Å². The average molecular weight is 180 g/mol. The molecule has 0 bridgehead atoms. The monoisotopic (exact) mass is 180 g/mol. The molecule has 66 valence electrons. The lowest BCUT2D eigenvalue weighted by Crippen LogP contribution is -1.90. The van der Waals surface area contributed by atoms with Crippen LogP contribution in [0.5, 0.6) is 0 Å². The van der Waals surface area contributed by atoms with E-state index in [1.54, 1.807) is 0 Å². The highest BCUT2D eigenvalue weighted by Gasteiger charge is 2.01. The molecule has 12 heavy (non-hydrogen) atoms. The van der Waals surface area contributed by atoms with E-state index in [0.29, 0.717) is 0 Å². The first kappa shape index (κ1) is 11.6. The van der Waals surface area contributed by atoms with Crippen molar-refractivity contribution in [2.45, 2.75) is 27.7 Å². The summed E-state index contributed by atoms with van der Waals surface area (Å²) < 4.78 is 0. The van der Waals surface area contributed by atoms with Gasteiger partial charge < -0.3 is 0 Å². The molecule has 0 saturated heterocycles. The predicted octanol–water partition coefficient (Wildman–Crippen LogP) is 2.69. The van der Waals surface area contributed by atoms with E-state index in [-0.39, 0.29) is 0 Å². The molecule has 0 aromatic carbocycles. The van der Waals surface area contributed by atoms with Crippen LogP contribution in [0.15, 0.2) is 33.7 Å². The van der Waals surface area contributed by atoms with Gasteiger partial charge >= 0.3 is 0 Å². The van der Waals surface area contributed by atoms with Crippen LogP contribution in [-0.4, -0.2) is 7.85 Å². The molecule has 0 saturated carbocycles. The van der Waals surface area contributed by atoms with Gasteiger partial charge in [0.15, 0.2) is 0 Å². The van der Waals surface area contributed by atoms with Crippen molar-refractivity contribution in [3.05, 3.63) is 33.7 Å². The Labute approximate surface area is 82.3 Å². The van der Waals surface area contributed by atoms with Crippen LogP contribution < -0.4 is 0 Å². The predicted molar refractivity (Wildman–Crippen MR) is 63.4 cm³/mol. The highest BCUT2D eigenvalue weighted by atomic mass is 32.1. The molecule has 0 fully saturated rings. The fourth-order valence-electron chi connectivity index (χ4n) is 0.873. The van der Waals surface area contributed by atoms with E-state index >= 15 is 0 Å². The Morgan fingerprint density at radius 3 is 1.67 bits per heavy atom. The lowest BCUT2D eigenvalue weighted by molar-refractivity contribution is 1.25. The minimum Gasteiger partial charge on any atom is -0.144 e. The van der Waals surface area contributed by atoms with Crippen molar-refractivity contribution in [1.29, 1.82) is 0 Å². The van der Waals surface area contributed by atoms with Crippen molar-refractivity contribution in [3.8, 4) is 0 Å². The van der Waals surface area contributed by atoms with Gasteiger partial charge in [0.05, 0.1) is 0 Å². The summed E-state index contributed by atoms with van der Waals surface area (Å²) in [6.07, 6.45) is 0. The van der Waals surface area contributed by atoms with Crippen molar-refractivity contribution in [1.82, 2.24) is 0 Å². The normalized spacial score (nSPS) is 15.1. The van der Waals surface area contributed by atoms with Crippen molar-refractivity contribution < 1.29 is 0 Å². The summed E-state index contributed by atoms with van der Waals surface area (Å²) in [4.78, 5) is 0.855. The Morgan fingerprint density at radius 2 is 1.42 bits per heavy atom. The Balaban J connectivity index is 5.06. The van der Waals surface area contributed by atoms with Crippen LogP contribution in [0.3, 0.4) is 0 Å².